The number of thiazole rings is 1. The van der Waals surface area contributed by atoms with E-state index in [4.69, 9.17) is 23.2 Å². The minimum Gasteiger partial charge on any atom is -0.389 e. The average Bonchev–Trinajstić information content (AvgIpc) is 3.36. The zero-order valence-corrected chi connectivity index (χ0v) is 23.5. The molecule has 7 nitrogen and oxygen atoms in total. The van der Waals surface area contributed by atoms with Crippen LogP contribution < -0.4 is 5.32 Å². The van der Waals surface area contributed by atoms with Gasteiger partial charge in [-0.25, -0.2) is 13.8 Å². The summed E-state index contributed by atoms with van der Waals surface area (Å²) in [7, 11) is 0. The lowest BCUT2D eigenvalue weighted by Gasteiger charge is -2.33. The van der Waals surface area contributed by atoms with Gasteiger partial charge in [0.25, 0.3) is 23.3 Å². The summed E-state index contributed by atoms with van der Waals surface area (Å²) < 4.78 is 109. The van der Waals surface area contributed by atoms with Gasteiger partial charge in [-0.3, -0.25) is 9.59 Å². The molecule has 0 bridgehead atoms. The monoisotopic (exact) mass is 657 g/mol. The van der Waals surface area contributed by atoms with Gasteiger partial charge >= 0.3 is 12.4 Å². The number of benzene rings is 1. The Morgan fingerprint density at radius 3 is 2.12 bits per heavy atom. The number of aliphatic hydroxyl groups is 2. The van der Waals surface area contributed by atoms with Crippen LogP contribution in [0.3, 0.4) is 0 Å². The normalized spacial score (nSPS) is 18.1. The molecule has 2 heterocycles. The Labute approximate surface area is 241 Å². The Bertz CT molecular complexity index is 1340. The Hall–Kier alpha value is -2.27. The molecule has 1 aromatic carbocycles. The quantitative estimate of drug-likeness (QED) is 0.341. The van der Waals surface area contributed by atoms with E-state index in [1.165, 1.54) is 20.8 Å². The topological polar surface area (TPSA) is 103 Å². The summed E-state index contributed by atoms with van der Waals surface area (Å²) in [6, 6.07) is -0.217. The molecular formula is C23H21Cl2F8N3O4S. The zero-order valence-electron chi connectivity index (χ0n) is 21.1. The maximum atomic E-state index is 14.0. The number of hydrogen-bond acceptors (Lipinski definition) is 6. The first-order chi connectivity index (χ1) is 18.4. The third-order valence-electron chi connectivity index (χ3n) is 6.03. The SMILES string of the molecule is CC1CC(F)(F)CN1C(=O)c1nc(C(=O)NCC(C)(C)O)sc1-c1ccc(C(O)(C(F)(F)F)C(F)(F)F)c(Cl)c1Cl. The molecule has 1 unspecified atom stereocenters. The van der Waals surface area contributed by atoms with Crippen LogP contribution in [0.5, 0.6) is 0 Å². The molecule has 1 saturated heterocycles. The van der Waals surface area contributed by atoms with Gasteiger partial charge in [0.15, 0.2) is 5.01 Å². The molecule has 0 saturated carbocycles. The van der Waals surface area contributed by atoms with Crippen LogP contribution >= 0.6 is 34.5 Å². The first-order valence-electron chi connectivity index (χ1n) is 11.5. The molecule has 18 heteroatoms. The number of carbonyl (C=O) groups excluding carboxylic acids is 2. The van der Waals surface area contributed by atoms with Gasteiger partial charge < -0.3 is 20.4 Å². The van der Waals surface area contributed by atoms with Crippen molar-refractivity contribution in [2.75, 3.05) is 13.1 Å². The third kappa shape index (κ3) is 6.40. The van der Waals surface area contributed by atoms with Crippen molar-refractivity contribution in [1.29, 1.82) is 0 Å². The largest absolute Gasteiger partial charge is 0.430 e. The van der Waals surface area contributed by atoms with Crippen molar-refractivity contribution in [3.63, 3.8) is 0 Å². The number of hydrogen-bond donors (Lipinski definition) is 3. The van der Waals surface area contributed by atoms with Crippen molar-refractivity contribution in [3.8, 4) is 10.4 Å². The summed E-state index contributed by atoms with van der Waals surface area (Å²) in [5.74, 6) is -5.33. The van der Waals surface area contributed by atoms with Crippen LogP contribution in [0.15, 0.2) is 12.1 Å². The fourth-order valence-corrected chi connectivity index (χ4v) is 5.63. The van der Waals surface area contributed by atoms with Crippen LogP contribution in [0.1, 0.15) is 53.0 Å². The number of nitrogens with one attached hydrogen (secondary N) is 1. The van der Waals surface area contributed by atoms with Gasteiger partial charge in [0.05, 0.1) is 27.1 Å². The van der Waals surface area contributed by atoms with Gasteiger partial charge in [0.2, 0.25) is 0 Å². The van der Waals surface area contributed by atoms with Gasteiger partial charge in [-0.2, -0.15) is 26.3 Å². The maximum absolute atomic E-state index is 14.0. The number of halogens is 10. The smallest absolute Gasteiger partial charge is 0.389 e. The van der Waals surface area contributed by atoms with Crippen molar-refractivity contribution in [2.45, 2.75) is 62.7 Å². The molecule has 228 valence electrons. The molecule has 2 aromatic rings. The summed E-state index contributed by atoms with van der Waals surface area (Å²) in [6.45, 7) is 2.71. The molecule has 2 amide bonds. The molecule has 0 aliphatic carbocycles. The van der Waals surface area contributed by atoms with Crippen molar-refractivity contribution >= 4 is 46.4 Å². The highest BCUT2D eigenvalue weighted by atomic mass is 35.5. The number of likely N-dealkylation sites (tertiary alicyclic amines) is 1. The minimum atomic E-state index is -6.28. The summed E-state index contributed by atoms with van der Waals surface area (Å²) >= 11 is 12.3. The molecule has 1 atom stereocenters. The molecule has 1 aliphatic heterocycles. The summed E-state index contributed by atoms with van der Waals surface area (Å²) in [5.41, 5.74) is -9.79. The zero-order chi connectivity index (χ0) is 31.5. The Kier molecular flexibility index (Phi) is 8.73. The third-order valence-corrected chi connectivity index (χ3v) is 8.00. The highest BCUT2D eigenvalue weighted by Gasteiger charge is 2.72. The van der Waals surface area contributed by atoms with Gasteiger partial charge in [0.1, 0.15) is 5.69 Å². The first kappa shape index (κ1) is 33.2. The maximum Gasteiger partial charge on any atom is 0.430 e. The molecule has 3 rings (SSSR count). The lowest BCUT2D eigenvalue weighted by molar-refractivity contribution is -0.376. The predicted octanol–water partition coefficient (Wildman–Crippen LogP) is 5.80. The molecular weight excluding hydrogens is 637 g/mol. The second-order valence-electron chi connectivity index (χ2n) is 10.0. The molecule has 41 heavy (non-hydrogen) atoms. The molecule has 1 fully saturated rings. The Balaban J connectivity index is 2.20. The minimum absolute atomic E-state index is 0.194. The van der Waals surface area contributed by atoms with E-state index >= 15 is 0 Å². The van der Waals surface area contributed by atoms with Crippen LogP contribution in [0.2, 0.25) is 10.0 Å². The van der Waals surface area contributed by atoms with E-state index in [0.717, 1.165) is 4.90 Å². The van der Waals surface area contributed by atoms with Crippen molar-refractivity contribution in [3.05, 3.63) is 38.4 Å². The fourth-order valence-electron chi connectivity index (χ4n) is 4.01. The van der Waals surface area contributed by atoms with Crippen molar-refractivity contribution in [2.24, 2.45) is 0 Å². The van der Waals surface area contributed by atoms with E-state index in [1.54, 1.807) is 0 Å². The lowest BCUT2D eigenvalue weighted by Crippen LogP contribution is -2.54. The van der Waals surface area contributed by atoms with Gasteiger partial charge in [0, 0.05) is 30.1 Å². The molecule has 0 radical (unpaired) electrons. The van der Waals surface area contributed by atoms with E-state index < -0.39 is 92.2 Å². The summed E-state index contributed by atoms with van der Waals surface area (Å²) in [6.07, 6.45) is -13.3. The van der Waals surface area contributed by atoms with Crippen LogP contribution in [-0.4, -0.2) is 74.9 Å². The highest BCUT2D eigenvalue weighted by Crippen LogP contribution is 2.54. The number of amides is 2. The van der Waals surface area contributed by atoms with E-state index in [-0.39, 0.29) is 17.5 Å². The fraction of sp³-hybridized carbons (Fsp3) is 0.522. The van der Waals surface area contributed by atoms with Crippen molar-refractivity contribution in [1.82, 2.24) is 15.2 Å². The molecule has 3 N–H and O–H groups in total. The van der Waals surface area contributed by atoms with Crippen LogP contribution in [0.25, 0.3) is 10.4 Å². The van der Waals surface area contributed by atoms with Gasteiger partial charge in [-0.15, -0.1) is 11.3 Å². The second kappa shape index (κ2) is 10.8. The predicted molar refractivity (Wildman–Crippen MR) is 132 cm³/mol. The average molecular weight is 658 g/mol. The van der Waals surface area contributed by atoms with Crippen LogP contribution in [-0.2, 0) is 5.60 Å². The number of nitrogens with zero attached hydrogens (tertiary/aromatic N) is 2. The summed E-state index contributed by atoms with van der Waals surface area (Å²) in [4.78, 5) is 30.3. The Morgan fingerprint density at radius 1 is 1.10 bits per heavy atom. The number of carbonyl (C=O) groups is 2. The van der Waals surface area contributed by atoms with Gasteiger partial charge in [-0.05, 0) is 20.8 Å². The number of rotatable bonds is 6. The Morgan fingerprint density at radius 2 is 1.66 bits per heavy atom. The first-order valence-corrected chi connectivity index (χ1v) is 13.0. The van der Waals surface area contributed by atoms with Crippen LogP contribution in [0.4, 0.5) is 35.1 Å². The van der Waals surface area contributed by atoms with E-state index in [2.05, 4.69) is 10.3 Å². The van der Waals surface area contributed by atoms with E-state index in [9.17, 15) is 54.9 Å². The van der Waals surface area contributed by atoms with E-state index in [1.807, 2.05) is 0 Å². The van der Waals surface area contributed by atoms with Crippen LogP contribution in [0, 0.1) is 0 Å². The molecule has 1 aromatic heterocycles. The highest BCUT2D eigenvalue weighted by molar-refractivity contribution is 7.17. The molecule has 0 spiro atoms. The summed E-state index contributed by atoms with van der Waals surface area (Å²) in [5, 5.41) is 19.1. The van der Waals surface area contributed by atoms with Gasteiger partial charge in [-0.1, -0.05) is 35.3 Å². The second-order valence-corrected chi connectivity index (χ2v) is 11.8. The lowest BCUT2D eigenvalue weighted by atomic mass is 9.91. The number of aromatic nitrogens is 1. The number of alkyl halides is 8. The van der Waals surface area contributed by atoms with Crippen molar-refractivity contribution < 1.29 is 54.9 Å². The standard InChI is InChI=1S/C23H21Cl2F8N3O4S/c1-9-6-20(26,27)8-36(9)18(38)14-15(41-17(35-14)16(37)34-7-19(2,3)39)10-4-5-11(13(25)12(10)24)21(40,22(28,29)30)23(31,32)33/h4-5,9,39-40H,6-8H2,1-3H3,(H,34,37). The molecule has 1 aliphatic rings. The van der Waals surface area contributed by atoms with E-state index in [0.29, 0.717) is 17.4 Å².